The molecule has 6 nitrogen and oxygen atoms in total. The van der Waals surface area contributed by atoms with Gasteiger partial charge in [0.1, 0.15) is 13.2 Å². The molecule has 2 aromatic carbocycles. The number of benzene rings is 2. The minimum Gasteiger partial charge on any atom is -0.486 e. The predicted octanol–water partition coefficient (Wildman–Crippen LogP) is 3.44. The fraction of sp³-hybridized carbons (Fsp3) is 0.444. The van der Waals surface area contributed by atoms with E-state index in [4.69, 9.17) is 17.5 Å². The molecule has 3 heterocycles. The predicted molar refractivity (Wildman–Crippen MR) is 136 cm³/mol. The molecule has 0 bridgehead atoms. The number of piperidine rings is 1. The first-order valence-corrected chi connectivity index (χ1v) is 12.2. The highest BCUT2D eigenvalue weighted by molar-refractivity contribution is 6.04. The quantitative estimate of drug-likeness (QED) is 0.531. The van der Waals surface area contributed by atoms with Crippen LogP contribution in [0.5, 0.6) is 11.5 Å². The lowest BCUT2D eigenvalue weighted by Crippen LogP contribution is -2.44. The lowest BCUT2D eigenvalue weighted by atomic mass is 9.99. The molecule has 176 valence electrons. The average Bonchev–Trinajstić information content (AvgIpc) is 2.84. The van der Waals surface area contributed by atoms with Gasteiger partial charge in [0.25, 0.3) is 5.56 Å². The number of aromatic nitrogens is 1. The maximum Gasteiger partial charge on any atom is 0.251 e. The van der Waals surface area contributed by atoms with Gasteiger partial charge in [0.2, 0.25) is 0 Å². The van der Waals surface area contributed by atoms with Gasteiger partial charge in [-0.25, -0.2) is 0 Å². The third-order valence-electron chi connectivity index (χ3n) is 7.11. The highest BCUT2D eigenvalue weighted by Crippen LogP contribution is 2.31. The molecule has 2 radical (unpaired) electrons. The third kappa shape index (κ3) is 4.86. The van der Waals surface area contributed by atoms with Gasteiger partial charge in [0.15, 0.2) is 19.5 Å². The van der Waals surface area contributed by atoms with Crippen molar-refractivity contribution in [2.75, 3.05) is 32.8 Å². The lowest BCUT2D eigenvalue weighted by Gasteiger charge is -2.37. The van der Waals surface area contributed by atoms with E-state index in [2.05, 4.69) is 36.1 Å². The second-order valence-corrected chi connectivity index (χ2v) is 9.56. The summed E-state index contributed by atoms with van der Waals surface area (Å²) in [5.41, 5.74) is 4.46. The number of rotatable bonds is 6. The van der Waals surface area contributed by atoms with Crippen LogP contribution in [0.25, 0.3) is 10.9 Å². The second kappa shape index (κ2) is 9.84. The first kappa shape index (κ1) is 23.0. The third-order valence-corrected chi connectivity index (χ3v) is 7.11. The Bertz CT molecular complexity index is 1230. The van der Waals surface area contributed by atoms with Gasteiger partial charge in [-0.3, -0.25) is 4.79 Å². The maximum absolute atomic E-state index is 12.7. The number of likely N-dealkylation sites (tertiary alicyclic amines) is 1. The van der Waals surface area contributed by atoms with Crippen molar-refractivity contribution in [3.63, 3.8) is 0 Å². The molecule has 1 fully saturated rings. The van der Waals surface area contributed by atoms with Crippen LogP contribution in [0.15, 0.2) is 47.3 Å². The molecule has 34 heavy (non-hydrogen) atoms. The molecule has 3 aromatic rings. The van der Waals surface area contributed by atoms with Crippen molar-refractivity contribution in [3.05, 3.63) is 69.5 Å². The summed E-state index contributed by atoms with van der Waals surface area (Å²) in [5.74, 6) is 1.61. The molecule has 7 heteroatoms. The molecule has 0 unspecified atom stereocenters. The van der Waals surface area contributed by atoms with E-state index in [0.29, 0.717) is 32.3 Å². The second-order valence-electron chi connectivity index (χ2n) is 9.56. The summed E-state index contributed by atoms with van der Waals surface area (Å²) < 4.78 is 13.2. The molecule has 2 aliphatic rings. The van der Waals surface area contributed by atoms with Gasteiger partial charge in [-0.2, -0.15) is 0 Å². The van der Waals surface area contributed by atoms with Crippen LogP contribution in [0.3, 0.4) is 0 Å². The topological polar surface area (TPSA) is 46.9 Å². The van der Waals surface area contributed by atoms with Crippen LogP contribution in [0.2, 0.25) is 0 Å². The van der Waals surface area contributed by atoms with Crippen molar-refractivity contribution in [1.82, 2.24) is 14.3 Å². The van der Waals surface area contributed by atoms with Gasteiger partial charge < -0.3 is 23.8 Å². The highest BCUT2D eigenvalue weighted by atomic mass is 16.6. The van der Waals surface area contributed by atoms with Crippen LogP contribution >= 0.6 is 0 Å². The van der Waals surface area contributed by atoms with E-state index in [9.17, 15) is 4.79 Å². The smallest absolute Gasteiger partial charge is 0.251 e. The standard InChI is InChI=1S/C27H32BN3O3/c1-19-3-5-23-20(2)16-27(32)30(24(23)15-19)12-11-29-9-7-22(8-10-29)31(28)18-21-4-6-25-26(17-21)34-14-13-33-25/h3-6,15-17,22H,7-14,18H2,1-2H3. The minimum atomic E-state index is 0.0815. The van der Waals surface area contributed by atoms with Crippen molar-refractivity contribution in [1.29, 1.82) is 0 Å². The van der Waals surface area contributed by atoms with E-state index in [1.807, 2.05) is 28.4 Å². The number of ether oxygens (including phenoxy) is 2. The lowest BCUT2D eigenvalue weighted by molar-refractivity contribution is 0.153. The van der Waals surface area contributed by atoms with Crippen molar-refractivity contribution >= 4 is 18.9 Å². The van der Waals surface area contributed by atoms with Gasteiger partial charge in [0.05, 0.1) is 5.52 Å². The van der Waals surface area contributed by atoms with Crippen LogP contribution in [-0.2, 0) is 13.1 Å². The van der Waals surface area contributed by atoms with Gasteiger partial charge >= 0.3 is 0 Å². The summed E-state index contributed by atoms with van der Waals surface area (Å²) in [6.07, 6.45) is 2.04. The van der Waals surface area contributed by atoms with Crippen LogP contribution < -0.4 is 15.0 Å². The van der Waals surface area contributed by atoms with Gasteiger partial charge in [-0.1, -0.05) is 18.2 Å². The number of fused-ring (bicyclic) bond motifs is 2. The van der Waals surface area contributed by atoms with E-state index in [1.54, 1.807) is 6.07 Å². The molecule has 0 amide bonds. The molecule has 1 saturated heterocycles. The van der Waals surface area contributed by atoms with E-state index >= 15 is 0 Å². The summed E-state index contributed by atoms with van der Waals surface area (Å²) in [6.45, 7) is 9.49. The SMILES string of the molecule is [B]N(Cc1ccc2c(c1)OCCO2)C1CCN(CCn2c(=O)cc(C)c3ccc(C)cc32)CC1. The Hall–Kier alpha value is -2.77. The van der Waals surface area contributed by atoms with Crippen LogP contribution in [0.4, 0.5) is 0 Å². The molecule has 0 spiro atoms. The van der Waals surface area contributed by atoms with E-state index < -0.39 is 0 Å². The Morgan fingerprint density at radius 2 is 1.74 bits per heavy atom. The molecular formula is C27H32BN3O3. The van der Waals surface area contributed by atoms with E-state index in [0.717, 1.165) is 66.0 Å². The number of pyridine rings is 1. The Labute approximate surface area is 202 Å². The van der Waals surface area contributed by atoms with Crippen molar-refractivity contribution < 1.29 is 9.47 Å². The van der Waals surface area contributed by atoms with Crippen molar-refractivity contribution in [2.45, 2.75) is 45.8 Å². The molecule has 2 aliphatic heterocycles. The molecule has 0 aliphatic carbocycles. The normalized spacial score (nSPS) is 16.9. The molecule has 1 aromatic heterocycles. The van der Waals surface area contributed by atoms with Crippen LogP contribution in [0.1, 0.15) is 29.5 Å². The monoisotopic (exact) mass is 457 g/mol. The summed E-state index contributed by atoms with van der Waals surface area (Å²) in [6, 6.07) is 14.5. The zero-order valence-electron chi connectivity index (χ0n) is 20.1. The average molecular weight is 457 g/mol. The zero-order valence-corrected chi connectivity index (χ0v) is 20.1. The molecule has 0 saturated carbocycles. The minimum absolute atomic E-state index is 0.0815. The fourth-order valence-corrected chi connectivity index (χ4v) is 5.13. The Balaban J connectivity index is 1.17. The summed E-state index contributed by atoms with van der Waals surface area (Å²) >= 11 is 0. The molecular weight excluding hydrogens is 425 g/mol. The van der Waals surface area contributed by atoms with Crippen LogP contribution in [0, 0.1) is 13.8 Å². The molecule has 5 rings (SSSR count). The Morgan fingerprint density at radius 3 is 2.53 bits per heavy atom. The maximum atomic E-state index is 12.7. The number of nitrogens with zero attached hydrogens (tertiary/aromatic N) is 3. The summed E-state index contributed by atoms with van der Waals surface area (Å²) in [4.78, 5) is 17.2. The number of hydrogen-bond acceptors (Lipinski definition) is 5. The van der Waals surface area contributed by atoms with Gasteiger partial charge in [0, 0.05) is 37.1 Å². The summed E-state index contributed by atoms with van der Waals surface area (Å²) in [5, 5.41) is 1.15. The van der Waals surface area contributed by atoms with E-state index in [1.165, 1.54) is 5.56 Å². The number of hydrogen-bond donors (Lipinski definition) is 0. The van der Waals surface area contributed by atoms with Crippen LogP contribution in [-0.4, -0.2) is 61.1 Å². The number of aryl methyl sites for hydroxylation is 2. The van der Waals surface area contributed by atoms with Crippen molar-refractivity contribution in [3.8, 4) is 11.5 Å². The Morgan fingerprint density at radius 1 is 0.971 bits per heavy atom. The largest absolute Gasteiger partial charge is 0.486 e. The zero-order chi connectivity index (χ0) is 23.7. The molecule has 0 N–H and O–H groups in total. The first-order chi connectivity index (χ1) is 16.5. The van der Waals surface area contributed by atoms with Gasteiger partial charge in [-0.05, 0) is 74.7 Å². The Kier molecular flexibility index (Phi) is 6.66. The summed E-state index contributed by atoms with van der Waals surface area (Å²) in [7, 11) is 6.47. The first-order valence-electron chi connectivity index (χ1n) is 12.2. The van der Waals surface area contributed by atoms with Crippen molar-refractivity contribution in [2.24, 2.45) is 0 Å². The fourth-order valence-electron chi connectivity index (χ4n) is 5.13. The van der Waals surface area contributed by atoms with E-state index in [-0.39, 0.29) is 5.56 Å². The highest BCUT2D eigenvalue weighted by Gasteiger charge is 2.23. The molecule has 0 atom stereocenters. The van der Waals surface area contributed by atoms with Gasteiger partial charge in [-0.15, -0.1) is 0 Å².